The van der Waals surface area contributed by atoms with Crippen molar-refractivity contribution in [1.29, 1.82) is 0 Å². The van der Waals surface area contributed by atoms with E-state index in [2.05, 4.69) is 10.3 Å². The Balaban J connectivity index is 1.61. The molecule has 0 spiro atoms. The van der Waals surface area contributed by atoms with E-state index in [4.69, 9.17) is 11.6 Å². The first kappa shape index (κ1) is 15.7. The molecular formula is C14H18ClN3O3S. The Morgan fingerprint density at radius 1 is 1.41 bits per heavy atom. The molecule has 1 aliphatic carbocycles. The van der Waals surface area contributed by atoms with E-state index in [1.807, 2.05) is 4.90 Å². The zero-order chi connectivity index (χ0) is 15.7. The molecule has 0 radical (unpaired) electrons. The molecule has 0 bridgehead atoms. The molecule has 2 heterocycles. The predicted molar refractivity (Wildman–Crippen MR) is 84.6 cm³/mol. The fourth-order valence-corrected chi connectivity index (χ4v) is 4.59. The van der Waals surface area contributed by atoms with Crippen molar-refractivity contribution < 1.29 is 13.2 Å². The Kier molecular flexibility index (Phi) is 4.38. The summed E-state index contributed by atoms with van der Waals surface area (Å²) >= 11 is 5.75. The van der Waals surface area contributed by atoms with Gasteiger partial charge in [-0.25, -0.2) is 13.4 Å². The summed E-state index contributed by atoms with van der Waals surface area (Å²) in [6, 6.07) is 3.27. The summed E-state index contributed by atoms with van der Waals surface area (Å²) in [4.78, 5) is 18.2. The molecule has 1 aromatic heterocycles. The molecular weight excluding hydrogens is 326 g/mol. The number of halogens is 1. The van der Waals surface area contributed by atoms with Crippen molar-refractivity contribution >= 4 is 33.2 Å². The summed E-state index contributed by atoms with van der Waals surface area (Å²) < 4.78 is 23.6. The molecule has 2 aliphatic rings. The lowest BCUT2D eigenvalue weighted by Gasteiger charge is -2.35. The van der Waals surface area contributed by atoms with Gasteiger partial charge in [-0.05, 0) is 30.9 Å². The zero-order valence-electron chi connectivity index (χ0n) is 12.0. The SMILES string of the molecule is O=C(CN1CCS(=O)(=O)C[C@H]1C1CC1)Nc1ccc(Cl)cn1. The maximum absolute atomic E-state index is 12.1. The Morgan fingerprint density at radius 2 is 2.18 bits per heavy atom. The van der Waals surface area contributed by atoms with E-state index in [9.17, 15) is 13.2 Å². The number of aromatic nitrogens is 1. The van der Waals surface area contributed by atoms with Crippen molar-refractivity contribution in [3.05, 3.63) is 23.4 Å². The molecule has 0 aromatic carbocycles. The van der Waals surface area contributed by atoms with Gasteiger partial charge in [0.1, 0.15) is 5.82 Å². The molecule has 22 heavy (non-hydrogen) atoms. The lowest BCUT2D eigenvalue weighted by Crippen LogP contribution is -2.52. The minimum absolute atomic E-state index is 0.0253. The third-order valence-corrected chi connectivity index (χ3v) is 5.97. The molecule has 1 saturated heterocycles. The van der Waals surface area contributed by atoms with Crippen molar-refractivity contribution in [2.24, 2.45) is 5.92 Å². The van der Waals surface area contributed by atoms with Crippen molar-refractivity contribution in [1.82, 2.24) is 9.88 Å². The van der Waals surface area contributed by atoms with Crippen LogP contribution >= 0.6 is 11.6 Å². The van der Waals surface area contributed by atoms with Gasteiger partial charge in [-0.15, -0.1) is 0 Å². The standard InChI is InChI=1S/C14H18ClN3O3S/c15-11-3-4-13(16-7-11)17-14(19)8-18-5-6-22(20,21)9-12(18)10-1-2-10/h3-4,7,10,12H,1-2,5-6,8-9H2,(H,16,17,19)/t12-/m0/s1. The van der Waals surface area contributed by atoms with Gasteiger partial charge >= 0.3 is 0 Å². The van der Waals surface area contributed by atoms with Gasteiger partial charge in [0, 0.05) is 18.8 Å². The predicted octanol–water partition coefficient (Wildman–Crippen LogP) is 1.18. The Morgan fingerprint density at radius 3 is 2.82 bits per heavy atom. The summed E-state index contributed by atoms with van der Waals surface area (Å²) in [7, 11) is -2.97. The second kappa shape index (κ2) is 6.14. The number of carbonyl (C=O) groups excluding carboxylic acids is 1. The van der Waals surface area contributed by atoms with Gasteiger partial charge in [0.2, 0.25) is 5.91 Å². The van der Waals surface area contributed by atoms with Crippen LogP contribution in [-0.4, -0.2) is 54.8 Å². The molecule has 1 atom stereocenters. The van der Waals surface area contributed by atoms with Crippen LogP contribution in [0.5, 0.6) is 0 Å². The number of sulfone groups is 1. The number of nitrogens with one attached hydrogen (secondary N) is 1. The molecule has 8 heteroatoms. The van der Waals surface area contributed by atoms with Crippen molar-refractivity contribution in [3.8, 4) is 0 Å². The third-order valence-electron chi connectivity index (χ3n) is 4.09. The van der Waals surface area contributed by atoms with Crippen molar-refractivity contribution in [2.45, 2.75) is 18.9 Å². The Hall–Kier alpha value is -1.18. The Labute approximate surface area is 134 Å². The largest absolute Gasteiger partial charge is 0.310 e. The number of amides is 1. The number of pyridine rings is 1. The summed E-state index contributed by atoms with van der Waals surface area (Å²) in [5.74, 6) is 0.977. The first-order valence-corrected chi connectivity index (χ1v) is 9.49. The maximum atomic E-state index is 12.1. The lowest BCUT2D eigenvalue weighted by molar-refractivity contribution is -0.117. The smallest absolute Gasteiger partial charge is 0.239 e. The van der Waals surface area contributed by atoms with E-state index >= 15 is 0 Å². The minimum atomic E-state index is -2.97. The van der Waals surface area contributed by atoms with Gasteiger partial charge in [0.25, 0.3) is 0 Å². The zero-order valence-corrected chi connectivity index (χ0v) is 13.6. The van der Waals surface area contributed by atoms with Crippen LogP contribution in [0.4, 0.5) is 5.82 Å². The maximum Gasteiger partial charge on any atom is 0.239 e. The van der Waals surface area contributed by atoms with Crippen LogP contribution < -0.4 is 5.32 Å². The highest BCUT2D eigenvalue weighted by molar-refractivity contribution is 7.91. The lowest BCUT2D eigenvalue weighted by atomic mass is 10.1. The highest BCUT2D eigenvalue weighted by Gasteiger charge is 2.41. The molecule has 1 amide bonds. The second-order valence-corrected chi connectivity index (χ2v) is 8.56. The monoisotopic (exact) mass is 343 g/mol. The molecule has 1 N–H and O–H groups in total. The van der Waals surface area contributed by atoms with Crippen molar-refractivity contribution in [3.63, 3.8) is 0 Å². The van der Waals surface area contributed by atoms with Crippen LogP contribution in [0, 0.1) is 5.92 Å². The fourth-order valence-electron chi connectivity index (χ4n) is 2.80. The van der Waals surface area contributed by atoms with Crippen LogP contribution in [-0.2, 0) is 14.6 Å². The van der Waals surface area contributed by atoms with Crippen LogP contribution in [0.15, 0.2) is 18.3 Å². The molecule has 6 nitrogen and oxygen atoms in total. The van der Waals surface area contributed by atoms with Gasteiger partial charge in [0.15, 0.2) is 9.84 Å². The average Bonchev–Trinajstić information content (AvgIpc) is 3.28. The normalized spacial score (nSPS) is 24.9. The van der Waals surface area contributed by atoms with Crippen LogP contribution in [0.25, 0.3) is 0 Å². The summed E-state index contributed by atoms with van der Waals surface area (Å²) in [5, 5.41) is 3.22. The Bertz CT molecular complexity index is 658. The summed E-state index contributed by atoms with van der Waals surface area (Å²) in [6.45, 7) is 0.617. The van der Waals surface area contributed by atoms with E-state index in [1.165, 1.54) is 6.20 Å². The van der Waals surface area contributed by atoms with Gasteiger partial charge in [-0.2, -0.15) is 0 Å². The molecule has 2 fully saturated rings. The van der Waals surface area contributed by atoms with Crippen LogP contribution in [0.1, 0.15) is 12.8 Å². The highest BCUT2D eigenvalue weighted by atomic mass is 35.5. The first-order valence-electron chi connectivity index (χ1n) is 7.29. The number of anilines is 1. The highest BCUT2D eigenvalue weighted by Crippen LogP contribution is 2.37. The van der Waals surface area contributed by atoms with Gasteiger partial charge in [-0.1, -0.05) is 11.6 Å². The summed E-state index contributed by atoms with van der Waals surface area (Å²) in [5.41, 5.74) is 0. The average molecular weight is 344 g/mol. The number of rotatable bonds is 4. The van der Waals surface area contributed by atoms with Crippen LogP contribution in [0.3, 0.4) is 0 Å². The second-order valence-electron chi connectivity index (χ2n) is 5.90. The van der Waals surface area contributed by atoms with Gasteiger partial charge in [-0.3, -0.25) is 9.69 Å². The van der Waals surface area contributed by atoms with E-state index in [0.29, 0.717) is 23.3 Å². The van der Waals surface area contributed by atoms with E-state index in [0.717, 1.165) is 12.8 Å². The number of hydrogen-bond acceptors (Lipinski definition) is 5. The third kappa shape index (κ3) is 3.97. The number of nitrogens with zero attached hydrogens (tertiary/aromatic N) is 2. The minimum Gasteiger partial charge on any atom is -0.310 e. The molecule has 120 valence electrons. The van der Waals surface area contributed by atoms with E-state index in [1.54, 1.807) is 12.1 Å². The van der Waals surface area contributed by atoms with E-state index < -0.39 is 9.84 Å². The van der Waals surface area contributed by atoms with Crippen LogP contribution in [0.2, 0.25) is 5.02 Å². The first-order chi connectivity index (χ1) is 10.4. The quantitative estimate of drug-likeness (QED) is 0.888. The molecule has 1 aromatic rings. The molecule has 0 unspecified atom stereocenters. The molecule has 3 rings (SSSR count). The molecule has 1 aliphatic heterocycles. The number of carbonyl (C=O) groups is 1. The van der Waals surface area contributed by atoms with E-state index in [-0.39, 0.29) is 30.0 Å². The summed E-state index contributed by atoms with van der Waals surface area (Å²) in [6.07, 6.45) is 3.58. The number of hydrogen-bond donors (Lipinski definition) is 1. The molecule has 1 saturated carbocycles. The van der Waals surface area contributed by atoms with Crippen molar-refractivity contribution in [2.75, 3.05) is 29.9 Å². The fraction of sp³-hybridized carbons (Fsp3) is 0.571. The van der Waals surface area contributed by atoms with Gasteiger partial charge < -0.3 is 5.32 Å². The topological polar surface area (TPSA) is 79.4 Å². The van der Waals surface area contributed by atoms with Gasteiger partial charge in [0.05, 0.1) is 23.1 Å².